The lowest BCUT2D eigenvalue weighted by Gasteiger charge is -2.16. The first-order chi connectivity index (χ1) is 13.0. The Kier molecular flexibility index (Phi) is 5.94. The second kappa shape index (κ2) is 8.37. The molecule has 0 aliphatic carbocycles. The summed E-state index contributed by atoms with van der Waals surface area (Å²) in [6.07, 6.45) is 0.117. The standard InChI is InChI=1S/C16H14IN5O5/c17-10-7-22(16(25)19-14(10)23)13-6-11(20-21-18)12(27-13)8-26-15(24)9-4-2-1-3-5-9/h1-5,7,11-13H,6,8H2,(H,19,23,25)/t11-,12+,13+/m0/s1. The fourth-order valence-corrected chi connectivity index (χ4v) is 3.15. The molecule has 1 aromatic carbocycles. The fourth-order valence-electron chi connectivity index (χ4n) is 2.71. The van der Waals surface area contributed by atoms with Crippen molar-refractivity contribution in [2.75, 3.05) is 6.61 Å². The lowest BCUT2D eigenvalue weighted by atomic mass is 10.1. The van der Waals surface area contributed by atoms with Gasteiger partial charge in [-0.2, -0.15) is 0 Å². The minimum absolute atomic E-state index is 0.136. The van der Waals surface area contributed by atoms with Gasteiger partial charge in [-0.25, -0.2) is 9.59 Å². The van der Waals surface area contributed by atoms with Gasteiger partial charge in [0.05, 0.1) is 15.2 Å². The van der Waals surface area contributed by atoms with E-state index in [1.165, 1.54) is 10.8 Å². The molecule has 0 unspecified atom stereocenters. The van der Waals surface area contributed by atoms with Gasteiger partial charge in [0.15, 0.2) is 0 Å². The van der Waals surface area contributed by atoms with Gasteiger partial charge in [-0.1, -0.05) is 23.3 Å². The van der Waals surface area contributed by atoms with Crippen LogP contribution in [0.3, 0.4) is 0 Å². The lowest BCUT2D eigenvalue weighted by molar-refractivity contribution is -0.0363. The molecule has 1 N–H and O–H groups in total. The van der Waals surface area contributed by atoms with Crippen LogP contribution in [0.2, 0.25) is 0 Å². The number of nitrogens with zero attached hydrogens (tertiary/aromatic N) is 4. The van der Waals surface area contributed by atoms with Crippen molar-refractivity contribution >= 4 is 28.6 Å². The zero-order chi connectivity index (χ0) is 19.4. The molecule has 0 bridgehead atoms. The molecule has 1 fully saturated rings. The van der Waals surface area contributed by atoms with E-state index in [0.717, 1.165) is 0 Å². The Morgan fingerprint density at radius 3 is 2.85 bits per heavy atom. The van der Waals surface area contributed by atoms with E-state index >= 15 is 0 Å². The maximum Gasteiger partial charge on any atom is 0.338 e. The third kappa shape index (κ3) is 4.38. The first-order valence-corrected chi connectivity index (χ1v) is 9.00. The number of benzene rings is 1. The number of esters is 1. The molecule has 3 rings (SSSR count). The van der Waals surface area contributed by atoms with Gasteiger partial charge in [-0.05, 0) is 40.3 Å². The molecular weight excluding hydrogens is 469 g/mol. The summed E-state index contributed by atoms with van der Waals surface area (Å²) in [6.45, 7) is -0.136. The van der Waals surface area contributed by atoms with E-state index in [1.807, 2.05) is 0 Å². The number of aromatic amines is 1. The minimum Gasteiger partial charge on any atom is -0.459 e. The van der Waals surface area contributed by atoms with Crippen LogP contribution >= 0.6 is 22.6 Å². The Bertz CT molecular complexity index is 998. The second-order valence-electron chi connectivity index (χ2n) is 5.75. The van der Waals surface area contributed by atoms with E-state index in [2.05, 4.69) is 15.0 Å². The molecule has 0 spiro atoms. The molecule has 0 radical (unpaired) electrons. The summed E-state index contributed by atoms with van der Waals surface area (Å²) in [5.74, 6) is -0.530. The summed E-state index contributed by atoms with van der Waals surface area (Å²) in [5, 5.41) is 3.68. The molecule has 10 nitrogen and oxygen atoms in total. The SMILES string of the molecule is [N-]=[N+]=N[C@H]1C[C@H](n2cc(I)c(=O)[nH]c2=O)O[C@@H]1COC(=O)c1ccccc1. The molecule has 140 valence electrons. The Hall–Kier alpha value is -2.63. The van der Waals surface area contributed by atoms with Crippen molar-refractivity contribution in [3.8, 4) is 0 Å². The largest absolute Gasteiger partial charge is 0.459 e. The first-order valence-electron chi connectivity index (χ1n) is 7.92. The number of hydrogen-bond donors (Lipinski definition) is 1. The molecule has 1 aliphatic heterocycles. The number of halogens is 1. The Morgan fingerprint density at radius 1 is 1.41 bits per heavy atom. The average molecular weight is 483 g/mol. The van der Waals surface area contributed by atoms with E-state index < -0.39 is 35.6 Å². The number of nitrogens with one attached hydrogen (secondary N) is 1. The number of carbonyl (C=O) groups is 1. The first kappa shape index (κ1) is 19.1. The highest BCUT2D eigenvalue weighted by Crippen LogP contribution is 2.30. The van der Waals surface area contributed by atoms with Crippen molar-refractivity contribution in [3.63, 3.8) is 0 Å². The Balaban J connectivity index is 1.74. The van der Waals surface area contributed by atoms with Crippen molar-refractivity contribution in [1.82, 2.24) is 9.55 Å². The van der Waals surface area contributed by atoms with E-state index in [9.17, 15) is 14.4 Å². The molecule has 3 atom stereocenters. The number of H-pyrrole nitrogens is 1. The van der Waals surface area contributed by atoms with Crippen LogP contribution in [0.25, 0.3) is 10.4 Å². The molecule has 2 heterocycles. The maximum atomic E-state index is 12.1. The van der Waals surface area contributed by atoms with Crippen molar-refractivity contribution in [1.29, 1.82) is 0 Å². The summed E-state index contributed by atoms with van der Waals surface area (Å²) in [6, 6.07) is 7.82. The van der Waals surface area contributed by atoms with Crippen LogP contribution in [0.4, 0.5) is 0 Å². The maximum absolute atomic E-state index is 12.1. The third-order valence-electron chi connectivity index (χ3n) is 4.03. The smallest absolute Gasteiger partial charge is 0.338 e. The van der Waals surface area contributed by atoms with Gasteiger partial charge in [0.2, 0.25) is 0 Å². The summed E-state index contributed by atoms with van der Waals surface area (Å²) >= 11 is 1.80. The van der Waals surface area contributed by atoms with E-state index in [1.54, 1.807) is 52.9 Å². The molecule has 27 heavy (non-hydrogen) atoms. The van der Waals surface area contributed by atoms with Gasteiger partial charge in [-0.15, -0.1) is 0 Å². The normalized spacial score (nSPS) is 21.4. The number of carbonyl (C=O) groups excluding carboxylic acids is 1. The average Bonchev–Trinajstić information content (AvgIpc) is 3.06. The van der Waals surface area contributed by atoms with Crippen LogP contribution in [0.5, 0.6) is 0 Å². The molecule has 11 heteroatoms. The predicted molar refractivity (Wildman–Crippen MR) is 102 cm³/mol. The van der Waals surface area contributed by atoms with Crippen LogP contribution in [0, 0.1) is 3.57 Å². The van der Waals surface area contributed by atoms with E-state index in [-0.39, 0.29) is 13.0 Å². The highest BCUT2D eigenvalue weighted by Gasteiger charge is 2.37. The van der Waals surface area contributed by atoms with E-state index in [0.29, 0.717) is 9.13 Å². The monoisotopic (exact) mass is 483 g/mol. The molecule has 2 aromatic rings. The van der Waals surface area contributed by atoms with Crippen LogP contribution in [0.15, 0.2) is 51.2 Å². The minimum atomic E-state index is -0.751. The number of hydrogen-bond acceptors (Lipinski definition) is 6. The zero-order valence-electron chi connectivity index (χ0n) is 13.8. The van der Waals surface area contributed by atoms with Crippen molar-refractivity contribution in [2.24, 2.45) is 5.11 Å². The molecular formula is C16H14IN5O5. The molecule has 1 aliphatic rings. The summed E-state index contributed by atoms with van der Waals surface area (Å²) in [4.78, 5) is 40.6. The van der Waals surface area contributed by atoms with Gasteiger partial charge >= 0.3 is 11.7 Å². The van der Waals surface area contributed by atoms with Crippen LogP contribution < -0.4 is 11.2 Å². The Morgan fingerprint density at radius 2 is 2.15 bits per heavy atom. The quantitative estimate of drug-likeness (QED) is 0.228. The number of ether oxygens (including phenoxy) is 2. The van der Waals surface area contributed by atoms with Gasteiger partial charge in [-0.3, -0.25) is 14.3 Å². The van der Waals surface area contributed by atoms with Crippen molar-refractivity contribution < 1.29 is 14.3 Å². The summed E-state index contributed by atoms with van der Waals surface area (Å²) in [5.41, 5.74) is 8.03. The molecule has 0 saturated carbocycles. The number of aromatic nitrogens is 2. The zero-order valence-corrected chi connectivity index (χ0v) is 16.0. The van der Waals surface area contributed by atoms with E-state index in [4.69, 9.17) is 15.0 Å². The van der Waals surface area contributed by atoms with Crippen molar-refractivity contribution in [3.05, 3.63) is 76.9 Å². The van der Waals surface area contributed by atoms with Crippen LogP contribution in [-0.4, -0.2) is 34.3 Å². The number of rotatable bonds is 5. The molecule has 1 aromatic heterocycles. The molecule has 0 amide bonds. The topological polar surface area (TPSA) is 139 Å². The van der Waals surface area contributed by atoms with Crippen molar-refractivity contribution in [2.45, 2.75) is 24.8 Å². The summed E-state index contributed by atoms with van der Waals surface area (Å²) in [7, 11) is 0. The highest BCUT2D eigenvalue weighted by molar-refractivity contribution is 14.1. The van der Waals surface area contributed by atoms with Gasteiger partial charge in [0.25, 0.3) is 5.56 Å². The Labute approximate surface area is 165 Å². The third-order valence-corrected chi connectivity index (χ3v) is 4.80. The van der Waals surface area contributed by atoms with Gasteiger partial charge in [0.1, 0.15) is 18.9 Å². The molecule has 1 saturated heterocycles. The number of azide groups is 1. The second-order valence-corrected chi connectivity index (χ2v) is 6.91. The van der Waals surface area contributed by atoms with Gasteiger partial charge < -0.3 is 9.47 Å². The fraction of sp³-hybridized carbons (Fsp3) is 0.312. The summed E-state index contributed by atoms with van der Waals surface area (Å²) < 4.78 is 12.6. The lowest BCUT2D eigenvalue weighted by Crippen LogP contribution is -2.33. The van der Waals surface area contributed by atoms with Crippen LogP contribution in [-0.2, 0) is 9.47 Å². The highest BCUT2D eigenvalue weighted by atomic mass is 127. The predicted octanol–water partition coefficient (Wildman–Crippen LogP) is 1.96. The van der Waals surface area contributed by atoms with Crippen LogP contribution in [0.1, 0.15) is 23.0 Å². The van der Waals surface area contributed by atoms with Gasteiger partial charge in [0, 0.05) is 17.5 Å².